The Morgan fingerprint density at radius 3 is 2.10 bits per heavy atom. The molecule has 0 atom stereocenters. The number of aliphatic hydroxyl groups is 1. The van der Waals surface area contributed by atoms with Crippen molar-refractivity contribution in [2.24, 2.45) is 0 Å². The number of amides is 2. The second kappa shape index (κ2) is 11.7. The SMILES string of the molecule is CO[n+]1ccc(C(=O)Nc2ccc(-n3ncc4cc(NC(=O)c5ccc(N6CCC(O)CC6)cc5)ccc43)cc2)cc1. The number of piperidine rings is 1. The number of nitrogens with one attached hydrogen (secondary N) is 2. The van der Waals surface area contributed by atoms with Gasteiger partial charge in [0.2, 0.25) is 12.4 Å². The number of hydrogen-bond acceptors (Lipinski definition) is 6. The van der Waals surface area contributed by atoms with E-state index in [0.29, 0.717) is 22.5 Å². The van der Waals surface area contributed by atoms with Gasteiger partial charge in [0.15, 0.2) is 0 Å². The number of carbonyl (C=O) groups is 2. The van der Waals surface area contributed by atoms with Gasteiger partial charge >= 0.3 is 0 Å². The first-order valence-corrected chi connectivity index (χ1v) is 13.8. The molecular weight excluding hydrogens is 532 g/mol. The van der Waals surface area contributed by atoms with Gasteiger partial charge in [-0.05, 0) is 79.6 Å². The molecule has 2 amide bonds. The Morgan fingerprint density at radius 2 is 1.43 bits per heavy atom. The van der Waals surface area contributed by atoms with Crippen LogP contribution in [-0.4, -0.2) is 53.0 Å². The van der Waals surface area contributed by atoms with Crippen LogP contribution >= 0.6 is 0 Å². The molecular formula is C32H31N6O4+. The van der Waals surface area contributed by atoms with Crippen molar-refractivity contribution in [2.75, 3.05) is 35.7 Å². The third-order valence-electron chi connectivity index (χ3n) is 7.43. The Hall–Kier alpha value is -5.22. The van der Waals surface area contributed by atoms with Gasteiger partial charge in [0, 0.05) is 58.0 Å². The summed E-state index contributed by atoms with van der Waals surface area (Å²) in [6.45, 7) is 1.62. The topological polar surface area (TPSA) is 113 Å². The summed E-state index contributed by atoms with van der Waals surface area (Å²) < 4.78 is 3.31. The number of hydrogen-bond donors (Lipinski definition) is 3. The largest absolute Gasteiger partial charge is 0.393 e. The van der Waals surface area contributed by atoms with Gasteiger partial charge in [0.05, 0.1) is 29.1 Å². The number of benzene rings is 3. The molecule has 212 valence electrons. The summed E-state index contributed by atoms with van der Waals surface area (Å²) in [5.41, 5.74) is 5.21. The van der Waals surface area contributed by atoms with Gasteiger partial charge in [-0.25, -0.2) is 4.68 Å². The summed E-state index contributed by atoms with van der Waals surface area (Å²) >= 11 is 0. The Kier molecular flexibility index (Phi) is 7.52. The monoisotopic (exact) mass is 563 g/mol. The Morgan fingerprint density at radius 1 is 0.833 bits per heavy atom. The highest BCUT2D eigenvalue weighted by atomic mass is 16.6. The second-order valence-corrected chi connectivity index (χ2v) is 10.2. The van der Waals surface area contributed by atoms with Gasteiger partial charge in [-0.1, -0.05) is 0 Å². The van der Waals surface area contributed by atoms with Crippen LogP contribution in [0.15, 0.2) is 97.5 Å². The minimum Gasteiger partial charge on any atom is -0.393 e. The van der Waals surface area contributed by atoms with Crippen molar-refractivity contribution in [2.45, 2.75) is 18.9 Å². The first-order chi connectivity index (χ1) is 20.5. The summed E-state index contributed by atoms with van der Waals surface area (Å²) in [5.74, 6) is -0.405. The maximum atomic E-state index is 12.9. The number of carbonyl (C=O) groups excluding carboxylic acids is 2. The van der Waals surface area contributed by atoms with Crippen LogP contribution < -0.4 is 25.1 Å². The molecule has 42 heavy (non-hydrogen) atoms. The smallest absolute Gasteiger partial charge is 0.256 e. The number of nitrogens with zero attached hydrogens (tertiary/aromatic N) is 4. The standard InChI is InChI=1S/C32H30N6O4/c1-42-37-18-12-23(13-19-37)32(41)34-25-4-9-28(10-5-25)38-30-11-6-26(20-24(30)21-33-38)35-31(40)22-2-7-27(8-3-22)36-16-14-29(39)15-17-36/h2-13,18-21,29,39H,14-17H2,1H3,(H-,34,35,40,41)/p+1. The second-order valence-electron chi connectivity index (χ2n) is 10.2. The normalized spacial score (nSPS) is 13.6. The van der Waals surface area contributed by atoms with E-state index in [9.17, 15) is 14.7 Å². The molecule has 0 radical (unpaired) electrons. The maximum Gasteiger partial charge on any atom is 0.256 e. The Balaban J connectivity index is 1.10. The molecule has 6 rings (SSSR count). The predicted molar refractivity (Wildman–Crippen MR) is 160 cm³/mol. The van der Waals surface area contributed by atoms with Crippen LogP contribution in [-0.2, 0) is 0 Å². The molecule has 1 aliphatic rings. The molecule has 0 bridgehead atoms. The lowest BCUT2D eigenvalue weighted by Gasteiger charge is -2.31. The summed E-state index contributed by atoms with van der Waals surface area (Å²) in [6, 6.07) is 24.0. The summed E-state index contributed by atoms with van der Waals surface area (Å²) in [6.07, 6.45) is 6.39. The van der Waals surface area contributed by atoms with Crippen LogP contribution in [0.5, 0.6) is 0 Å². The molecule has 3 N–H and O–H groups in total. The molecule has 0 saturated carbocycles. The van der Waals surface area contributed by atoms with Gasteiger partial charge in [-0.15, -0.1) is 0 Å². The minimum absolute atomic E-state index is 0.187. The van der Waals surface area contributed by atoms with E-state index in [2.05, 4.69) is 20.6 Å². The fraction of sp³-hybridized carbons (Fsp3) is 0.188. The van der Waals surface area contributed by atoms with Gasteiger partial charge in [0.25, 0.3) is 11.8 Å². The van der Waals surface area contributed by atoms with Crippen LogP contribution in [0.1, 0.15) is 33.6 Å². The zero-order valence-electron chi connectivity index (χ0n) is 23.1. The molecule has 10 nitrogen and oxygen atoms in total. The van der Waals surface area contributed by atoms with Crippen LogP contribution in [0.2, 0.25) is 0 Å². The third kappa shape index (κ3) is 5.79. The molecule has 1 fully saturated rings. The van der Waals surface area contributed by atoms with E-state index in [-0.39, 0.29) is 17.9 Å². The number of anilines is 3. The zero-order valence-corrected chi connectivity index (χ0v) is 23.1. The first kappa shape index (κ1) is 27.0. The van der Waals surface area contributed by atoms with E-state index in [1.807, 2.05) is 71.4 Å². The van der Waals surface area contributed by atoms with Crippen molar-refractivity contribution < 1.29 is 24.3 Å². The first-order valence-electron chi connectivity index (χ1n) is 13.8. The van der Waals surface area contributed by atoms with Gasteiger partial charge < -0.3 is 20.6 Å². The molecule has 0 aliphatic carbocycles. The molecule has 3 heterocycles. The molecule has 5 aromatic rings. The number of pyridine rings is 1. The Labute approximate surface area is 242 Å². The number of fused-ring (bicyclic) bond motifs is 1. The summed E-state index contributed by atoms with van der Waals surface area (Å²) in [5, 5.41) is 21.0. The van der Waals surface area contributed by atoms with Crippen LogP contribution in [0.4, 0.5) is 17.1 Å². The van der Waals surface area contributed by atoms with Crippen LogP contribution in [0.25, 0.3) is 16.6 Å². The fourth-order valence-electron chi connectivity index (χ4n) is 5.04. The van der Waals surface area contributed by atoms with Crippen molar-refractivity contribution in [3.05, 3.63) is 109 Å². The number of aromatic nitrogens is 3. The quantitative estimate of drug-likeness (QED) is 0.260. The molecule has 0 spiro atoms. The van der Waals surface area contributed by atoms with Gasteiger partial charge in [0.1, 0.15) is 7.11 Å². The van der Waals surface area contributed by atoms with Crippen LogP contribution in [0.3, 0.4) is 0 Å². The number of aliphatic hydroxyl groups excluding tert-OH is 1. The highest BCUT2D eigenvalue weighted by Crippen LogP contribution is 2.25. The fourth-order valence-corrected chi connectivity index (χ4v) is 5.04. The van der Waals surface area contributed by atoms with Crippen molar-refractivity contribution in [3.63, 3.8) is 0 Å². The average Bonchev–Trinajstić information content (AvgIpc) is 3.45. The lowest BCUT2D eigenvalue weighted by molar-refractivity contribution is -0.885. The Bertz CT molecular complexity index is 1710. The van der Waals surface area contributed by atoms with Crippen LogP contribution in [0, 0.1) is 0 Å². The van der Waals surface area contributed by atoms with E-state index in [4.69, 9.17) is 4.84 Å². The van der Waals surface area contributed by atoms with Gasteiger partial charge in [-0.2, -0.15) is 5.10 Å². The average molecular weight is 564 g/mol. The molecule has 10 heteroatoms. The van der Waals surface area contributed by atoms with E-state index >= 15 is 0 Å². The van der Waals surface area contributed by atoms with Crippen molar-refractivity contribution >= 4 is 39.8 Å². The highest BCUT2D eigenvalue weighted by Gasteiger charge is 2.18. The molecule has 1 aliphatic heterocycles. The minimum atomic E-state index is -0.221. The lowest BCUT2D eigenvalue weighted by atomic mass is 10.1. The number of rotatable bonds is 7. The molecule has 1 saturated heterocycles. The summed E-state index contributed by atoms with van der Waals surface area (Å²) in [4.78, 5) is 32.8. The zero-order chi connectivity index (χ0) is 29.1. The van der Waals surface area contributed by atoms with Crippen molar-refractivity contribution in [1.29, 1.82) is 0 Å². The van der Waals surface area contributed by atoms with Crippen molar-refractivity contribution in [3.8, 4) is 5.69 Å². The predicted octanol–water partition coefficient (Wildman–Crippen LogP) is 3.84. The van der Waals surface area contributed by atoms with E-state index in [0.717, 1.165) is 48.2 Å². The van der Waals surface area contributed by atoms with E-state index in [1.54, 1.807) is 37.8 Å². The molecule has 2 aromatic heterocycles. The lowest BCUT2D eigenvalue weighted by Crippen LogP contribution is -2.39. The molecule has 3 aromatic carbocycles. The van der Waals surface area contributed by atoms with Gasteiger partial charge in [-0.3, -0.25) is 14.4 Å². The third-order valence-corrected chi connectivity index (χ3v) is 7.43. The highest BCUT2D eigenvalue weighted by molar-refractivity contribution is 6.05. The molecule has 0 unspecified atom stereocenters. The van der Waals surface area contributed by atoms with E-state index in [1.165, 1.54) is 4.73 Å². The van der Waals surface area contributed by atoms with Crippen molar-refractivity contribution in [1.82, 2.24) is 9.78 Å². The summed E-state index contributed by atoms with van der Waals surface area (Å²) in [7, 11) is 1.55. The maximum absolute atomic E-state index is 12.9. The van der Waals surface area contributed by atoms with E-state index < -0.39 is 0 Å².